The van der Waals surface area contributed by atoms with Crippen molar-refractivity contribution in [2.75, 3.05) is 0 Å². The summed E-state index contributed by atoms with van der Waals surface area (Å²) in [6, 6.07) is 0. The second-order valence-corrected chi connectivity index (χ2v) is 4.30. The molecule has 0 saturated heterocycles. The van der Waals surface area contributed by atoms with Crippen LogP contribution in [0.3, 0.4) is 0 Å². The summed E-state index contributed by atoms with van der Waals surface area (Å²) in [5.74, 6) is -1.22. The summed E-state index contributed by atoms with van der Waals surface area (Å²) in [6.45, 7) is 0. The van der Waals surface area contributed by atoms with Gasteiger partial charge in [-0.05, 0) is 12.5 Å². The first kappa shape index (κ1) is 18.5. The van der Waals surface area contributed by atoms with Crippen molar-refractivity contribution in [1.82, 2.24) is 0 Å². The molecule has 0 radical (unpaired) electrons. The van der Waals surface area contributed by atoms with E-state index in [2.05, 4.69) is 0 Å². The Morgan fingerprint density at radius 3 is 2.20 bits per heavy atom. The van der Waals surface area contributed by atoms with Crippen LogP contribution in [-0.2, 0) is 9.59 Å². The van der Waals surface area contributed by atoms with E-state index < -0.39 is 36.8 Å². The molecule has 0 aromatic heterocycles. The Morgan fingerprint density at radius 2 is 1.65 bits per heavy atom. The van der Waals surface area contributed by atoms with E-state index in [1.54, 1.807) is 0 Å². The average molecular weight is 288 g/mol. The number of hydrogen-bond acceptors (Lipinski definition) is 6. The van der Waals surface area contributed by atoms with Crippen molar-refractivity contribution in [1.29, 1.82) is 0 Å². The van der Waals surface area contributed by atoms with E-state index in [1.165, 1.54) is 24.3 Å². The molecule has 114 valence electrons. The molecule has 7 nitrogen and oxygen atoms in total. The van der Waals surface area contributed by atoms with Gasteiger partial charge in [0.1, 0.15) is 12.4 Å². The topological polar surface area (TPSA) is 135 Å². The standard InChI is InChI=1S/C13H20O7/c14-6-4-2-1-3-5-10(16)13(20)11(17)7-9(15)8-12(18)19/h1-4,6,9-11,13,15-17,20H,5,7-8H2,(H,18,19)/b3-1+,4-2+/t9-,10-,11+,13-/m0/s1. The van der Waals surface area contributed by atoms with Crippen molar-refractivity contribution in [2.24, 2.45) is 0 Å². The fourth-order valence-corrected chi connectivity index (χ4v) is 1.51. The molecule has 7 heteroatoms. The number of aldehydes is 1. The van der Waals surface area contributed by atoms with Gasteiger partial charge in [-0.15, -0.1) is 0 Å². The second kappa shape index (κ2) is 10.3. The number of rotatable bonds is 10. The fourth-order valence-electron chi connectivity index (χ4n) is 1.51. The number of hydrogen-bond donors (Lipinski definition) is 5. The molecular weight excluding hydrogens is 268 g/mol. The number of aliphatic hydroxyl groups excluding tert-OH is 4. The molecule has 0 rings (SSSR count). The van der Waals surface area contributed by atoms with E-state index in [0.717, 1.165) is 0 Å². The van der Waals surface area contributed by atoms with Crippen molar-refractivity contribution in [3.63, 3.8) is 0 Å². The molecule has 0 aliphatic carbocycles. The predicted molar refractivity (Wildman–Crippen MR) is 69.9 cm³/mol. The summed E-state index contributed by atoms with van der Waals surface area (Å²) in [4.78, 5) is 20.3. The molecule has 5 N–H and O–H groups in total. The molecule has 0 aliphatic heterocycles. The van der Waals surface area contributed by atoms with Crippen LogP contribution in [0.5, 0.6) is 0 Å². The van der Waals surface area contributed by atoms with Gasteiger partial charge in [-0.2, -0.15) is 0 Å². The van der Waals surface area contributed by atoms with E-state index in [1.807, 2.05) is 0 Å². The van der Waals surface area contributed by atoms with Gasteiger partial charge in [0, 0.05) is 6.42 Å². The maximum absolute atomic E-state index is 10.3. The van der Waals surface area contributed by atoms with Gasteiger partial charge < -0.3 is 25.5 Å². The van der Waals surface area contributed by atoms with Crippen LogP contribution in [0.15, 0.2) is 24.3 Å². The lowest BCUT2D eigenvalue weighted by Crippen LogP contribution is -2.39. The Balaban J connectivity index is 4.17. The Labute approximate surface area is 116 Å². The minimum atomic E-state index is -1.50. The summed E-state index contributed by atoms with van der Waals surface area (Å²) in [5.41, 5.74) is 0. The normalized spacial score (nSPS) is 18.0. The zero-order valence-electron chi connectivity index (χ0n) is 10.9. The largest absolute Gasteiger partial charge is 0.481 e. The van der Waals surface area contributed by atoms with Gasteiger partial charge in [-0.3, -0.25) is 9.59 Å². The molecule has 0 spiro atoms. The lowest BCUT2D eigenvalue weighted by molar-refractivity contribution is -0.140. The molecule has 0 aromatic rings. The van der Waals surface area contributed by atoms with E-state index in [0.29, 0.717) is 6.29 Å². The van der Waals surface area contributed by atoms with E-state index in [-0.39, 0.29) is 12.8 Å². The second-order valence-electron chi connectivity index (χ2n) is 4.30. The SMILES string of the molecule is O=C/C=C/C=C/C[C@H](O)[C@H](O)[C@H](O)C[C@H](O)CC(=O)O. The van der Waals surface area contributed by atoms with Crippen LogP contribution in [-0.4, -0.2) is 62.2 Å². The van der Waals surface area contributed by atoms with Gasteiger partial charge in [0.05, 0.1) is 24.7 Å². The highest BCUT2D eigenvalue weighted by molar-refractivity contribution is 5.67. The number of carbonyl (C=O) groups excluding carboxylic acids is 1. The zero-order chi connectivity index (χ0) is 15.5. The first-order chi connectivity index (χ1) is 9.38. The molecular formula is C13H20O7. The molecule has 0 aliphatic rings. The van der Waals surface area contributed by atoms with Crippen LogP contribution in [0.2, 0.25) is 0 Å². The highest BCUT2D eigenvalue weighted by Gasteiger charge is 2.26. The average Bonchev–Trinajstić information content (AvgIpc) is 2.36. The van der Waals surface area contributed by atoms with E-state index in [9.17, 15) is 30.0 Å². The third-order valence-corrected chi connectivity index (χ3v) is 2.53. The molecule has 0 unspecified atom stereocenters. The molecule has 0 aromatic carbocycles. The molecule has 4 atom stereocenters. The van der Waals surface area contributed by atoms with Crippen LogP contribution >= 0.6 is 0 Å². The van der Waals surface area contributed by atoms with E-state index >= 15 is 0 Å². The minimum Gasteiger partial charge on any atom is -0.481 e. The molecule has 0 amide bonds. The Bertz CT molecular complexity index is 351. The highest BCUT2D eigenvalue weighted by atomic mass is 16.4. The van der Waals surface area contributed by atoms with Gasteiger partial charge in [0.25, 0.3) is 0 Å². The van der Waals surface area contributed by atoms with Crippen molar-refractivity contribution < 1.29 is 35.1 Å². The van der Waals surface area contributed by atoms with Crippen molar-refractivity contribution in [2.45, 2.75) is 43.7 Å². The van der Waals surface area contributed by atoms with E-state index in [4.69, 9.17) is 5.11 Å². The summed E-state index contributed by atoms with van der Waals surface area (Å²) in [6.07, 6.45) is -0.0792. The number of carboxylic acid groups (broad SMARTS) is 1. The van der Waals surface area contributed by atoms with Gasteiger partial charge in [-0.1, -0.05) is 18.2 Å². The zero-order valence-corrected chi connectivity index (χ0v) is 10.9. The molecule has 0 heterocycles. The fraction of sp³-hybridized carbons (Fsp3) is 0.538. The summed E-state index contributed by atoms with van der Waals surface area (Å²) < 4.78 is 0. The van der Waals surface area contributed by atoms with Gasteiger partial charge in [0.15, 0.2) is 0 Å². The number of allylic oxidation sites excluding steroid dienone is 3. The first-order valence-corrected chi connectivity index (χ1v) is 6.09. The van der Waals surface area contributed by atoms with Crippen LogP contribution in [0.4, 0.5) is 0 Å². The minimum absolute atomic E-state index is 0.0381. The third kappa shape index (κ3) is 8.54. The number of carbonyl (C=O) groups is 2. The van der Waals surface area contributed by atoms with Crippen LogP contribution in [0.1, 0.15) is 19.3 Å². The van der Waals surface area contributed by atoms with Crippen molar-refractivity contribution >= 4 is 12.3 Å². The maximum Gasteiger partial charge on any atom is 0.305 e. The highest BCUT2D eigenvalue weighted by Crippen LogP contribution is 2.11. The lowest BCUT2D eigenvalue weighted by Gasteiger charge is -2.23. The van der Waals surface area contributed by atoms with Crippen LogP contribution < -0.4 is 0 Å². The quantitative estimate of drug-likeness (QED) is 0.197. The molecule has 0 bridgehead atoms. The monoisotopic (exact) mass is 288 g/mol. The van der Waals surface area contributed by atoms with Gasteiger partial charge >= 0.3 is 5.97 Å². The smallest absolute Gasteiger partial charge is 0.305 e. The first-order valence-electron chi connectivity index (χ1n) is 6.09. The summed E-state index contributed by atoms with van der Waals surface area (Å²) in [5, 5.41) is 46.5. The summed E-state index contributed by atoms with van der Waals surface area (Å²) in [7, 11) is 0. The molecule has 20 heavy (non-hydrogen) atoms. The number of aliphatic carboxylic acids is 1. The lowest BCUT2D eigenvalue weighted by atomic mass is 9.99. The number of aliphatic hydroxyl groups is 4. The molecule has 0 fully saturated rings. The van der Waals surface area contributed by atoms with Crippen LogP contribution in [0.25, 0.3) is 0 Å². The van der Waals surface area contributed by atoms with Gasteiger partial charge in [0.2, 0.25) is 0 Å². The van der Waals surface area contributed by atoms with Crippen LogP contribution in [0, 0.1) is 0 Å². The predicted octanol–water partition coefficient (Wildman–Crippen LogP) is -1.00. The third-order valence-electron chi connectivity index (χ3n) is 2.53. The van der Waals surface area contributed by atoms with Crippen molar-refractivity contribution in [3.05, 3.63) is 24.3 Å². The number of carboxylic acids is 1. The van der Waals surface area contributed by atoms with Crippen molar-refractivity contribution in [3.8, 4) is 0 Å². The summed E-state index contributed by atoms with van der Waals surface area (Å²) >= 11 is 0. The Kier molecular flexibility index (Phi) is 9.48. The maximum atomic E-state index is 10.3. The van der Waals surface area contributed by atoms with Gasteiger partial charge in [-0.25, -0.2) is 0 Å². The molecule has 0 saturated carbocycles. The Morgan fingerprint density at radius 1 is 1.00 bits per heavy atom. The Hall–Kier alpha value is -1.54.